The SMILES string of the molecule is COc1ccc(C(C(=O)OCn2ccc(Cc3ccc(Cl)cc3)c2)C(C)C)cc1. The van der Waals surface area contributed by atoms with Crippen LogP contribution in [0.2, 0.25) is 5.02 Å². The van der Waals surface area contributed by atoms with Crippen molar-refractivity contribution in [2.24, 2.45) is 5.92 Å². The van der Waals surface area contributed by atoms with Gasteiger partial charge in [0.05, 0.1) is 13.0 Å². The lowest BCUT2D eigenvalue weighted by atomic mass is 9.88. The Kier molecular flexibility index (Phi) is 6.99. The van der Waals surface area contributed by atoms with E-state index in [1.54, 1.807) is 7.11 Å². The fourth-order valence-corrected chi connectivity index (χ4v) is 3.47. The van der Waals surface area contributed by atoms with E-state index in [9.17, 15) is 4.79 Å². The van der Waals surface area contributed by atoms with Gasteiger partial charge in [-0.25, -0.2) is 0 Å². The number of hydrogen-bond acceptors (Lipinski definition) is 3. The van der Waals surface area contributed by atoms with Gasteiger partial charge in [-0.3, -0.25) is 4.79 Å². The second-order valence-electron chi connectivity index (χ2n) is 7.42. The van der Waals surface area contributed by atoms with Gasteiger partial charge in [-0.1, -0.05) is 49.7 Å². The van der Waals surface area contributed by atoms with Crippen LogP contribution in [-0.2, 0) is 22.7 Å². The molecule has 1 atom stereocenters. The molecular formula is C24H26ClNO3. The first-order valence-electron chi connectivity index (χ1n) is 9.66. The van der Waals surface area contributed by atoms with Gasteiger partial charge in [-0.2, -0.15) is 0 Å². The maximum atomic E-state index is 12.8. The number of methoxy groups -OCH3 is 1. The molecule has 152 valence electrons. The fourth-order valence-electron chi connectivity index (χ4n) is 3.35. The van der Waals surface area contributed by atoms with E-state index < -0.39 is 0 Å². The van der Waals surface area contributed by atoms with E-state index >= 15 is 0 Å². The van der Waals surface area contributed by atoms with Crippen LogP contribution in [0.3, 0.4) is 0 Å². The number of halogens is 1. The maximum absolute atomic E-state index is 12.8. The van der Waals surface area contributed by atoms with Gasteiger partial charge in [0.15, 0.2) is 6.73 Å². The Morgan fingerprint density at radius 1 is 1.00 bits per heavy atom. The maximum Gasteiger partial charge on any atom is 0.315 e. The van der Waals surface area contributed by atoms with Crippen molar-refractivity contribution >= 4 is 17.6 Å². The van der Waals surface area contributed by atoms with Crippen molar-refractivity contribution in [2.75, 3.05) is 7.11 Å². The lowest BCUT2D eigenvalue weighted by Crippen LogP contribution is -2.21. The van der Waals surface area contributed by atoms with Gasteiger partial charge in [0.25, 0.3) is 0 Å². The predicted molar refractivity (Wildman–Crippen MR) is 115 cm³/mol. The quantitative estimate of drug-likeness (QED) is 0.447. The zero-order chi connectivity index (χ0) is 20.8. The van der Waals surface area contributed by atoms with E-state index in [1.807, 2.05) is 85.4 Å². The van der Waals surface area contributed by atoms with Crippen molar-refractivity contribution in [3.8, 4) is 5.75 Å². The molecule has 1 aromatic heterocycles. The number of hydrogen-bond donors (Lipinski definition) is 0. The Bertz CT molecular complexity index is 930. The lowest BCUT2D eigenvalue weighted by Gasteiger charge is -2.20. The van der Waals surface area contributed by atoms with Crippen LogP contribution in [0.5, 0.6) is 5.75 Å². The number of nitrogens with zero attached hydrogens (tertiary/aromatic N) is 1. The van der Waals surface area contributed by atoms with Gasteiger partial charge < -0.3 is 14.0 Å². The molecule has 0 radical (unpaired) electrons. The number of benzene rings is 2. The van der Waals surface area contributed by atoms with E-state index in [4.69, 9.17) is 21.1 Å². The highest BCUT2D eigenvalue weighted by Gasteiger charge is 2.25. The van der Waals surface area contributed by atoms with Gasteiger partial charge in [-0.15, -0.1) is 0 Å². The number of aromatic nitrogens is 1. The van der Waals surface area contributed by atoms with Crippen molar-refractivity contribution < 1.29 is 14.3 Å². The first-order valence-corrected chi connectivity index (χ1v) is 10.0. The van der Waals surface area contributed by atoms with Crippen molar-refractivity contribution in [1.29, 1.82) is 0 Å². The minimum absolute atomic E-state index is 0.126. The number of esters is 1. The molecule has 0 spiro atoms. The standard InChI is InChI=1S/C24H26ClNO3/c1-17(2)23(20-6-10-22(28-3)11-7-20)24(27)29-16-26-13-12-19(15-26)14-18-4-8-21(25)9-5-18/h4-13,15,17,23H,14,16H2,1-3H3. The second-order valence-corrected chi connectivity index (χ2v) is 7.86. The molecule has 4 nitrogen and oxygen atoms in total. The molecule has 0 N–H and O–H groups in total. The summed E-state index contributed by atoms with van der Waals surface area (Å²) in [5, 5.41) is 0.731. The predicted octanol–water partition coefficient (Wildman–Crippen LogP) is 5.68. The number of rotatable bonds is 8. The zero-order valence-corrected chi connectivity index (χ0v) is 17.7. The highest BCUT2D eigenvalue weighted by molar-refractivity contribution is 6.30. The normalized spacial score (nSPS) is 12.0. The average molecular weight is 412 g/mol. The van der Waals surface area contributed by atoms with Gasteiger partial charge in [-0.05, 0) is 59.4 Å². The monoisotopic (exact) mass is 411 g/mol. The van der Waals surface area contributed by atoms with Crippen molar-refractivity contribution in [1.82, 2.24) is 4.57 Å². The molecule has 2 aromatic carbocycles. The first kappa shape index (κ1) is 21.0. The van der Waals surface area contributed by atoms with E-state index in [0.29, 0.717) is 0 Å². The molecule has 3 aromatic rings. The molecule has 0 fully saturated rings. The van der Waals surface area contributed by atoms with Crippen LogP contribution in [0.25, 0.3) is 0 Å². The van der Waals surface area contributed by atoms with Crippen molar-refractivity contribution in [2.45, 2.75) is 32.9 Å². The summed E-state index contributed by atoms with van der Waals surface area (Å²) >= 11 is 5.94. The minimum atomic E-state index is -0.315. The van der Waals surface area contributed by atoms with Gasteiger partial charge in [0.2, 0.25) is 0 Å². The van der Waals surface area contributed by atoms with Crippen LogP contribution < -0.4 is 4.74 Å². The highest BCUT2D eigenvalue weighted by atomic mass is 35.5. The summed E-state index contributed by atoms with van der Waals surface area (Å²) in [7, 11) is 1.63. The molecule has 0 saturated carbocycles. The summed E-state index contributed by atoms with van der Waals surface area (Å²) in [5.74, 6) is 0.356. The van der Waals surface area contributed by atoms with Crippen LogP contribution in [0, 0.1) is 5.92 Å². The second kappa shape index (κ2) is 9.66. The molecule has 1 heterocycles. The third-order valence-electron chi connectivity index (χ3n) is 4.88. The Labute approximate surface area is 177 Å². The molecule has 29 heavy (non-hydrogen) atoms. The van der Waals surface area contributed by atoms with E-state index in [2.05, 4.69) is 0 Å². The van der Waals surface area contributed by atoms with Crippen LogP contribution in [0.4, 0.5) is 0 Å². The molecule has 0 bridgehead atoms. The topological polar surface area (TPSA) is 40.5 Å². The van der Waals surface area contributed by atoms with Crippen LogP contribution in [0.15, 0.2) is 67.0 Å². The van der Waals surface area contributed by atoms with E-state index in [-0.39, 0.29) is 24.5 Å². The molecule has 3 rings (SSSR count). The smallest absolute Gasteiger partial charge is 0.315 e. The lowest BCUT2D eigenvalue weighted by molar-refractivity contribution is -0.150. The molecule has 0 saturated heterocycles. The molecule has 5 heteroatoms. The third kappa shape index (κ3) is 5.64. The summed E-state index contributed by atoms with van der Waals surface area (Å²) < 4.78 is 12.7. The summed E-state index contributed by atoms with van der Waals surface area (Å²) in [4.78, 5) is 12.8. The summed E-state index contributed by atoms with van der Waals surface area (Å²) in [6.45, 7) is 4.24. The zero-order valence-electron chi connectivity index (χ0n) is 17.0. The van der Waals surface area contributed by atoms with Crippen LogP contribution in [-0.4, -0.2) is 17.6 Å². The van der Waals surface area contributed by atoms with Crippen LogP contribution >= 0.6 is 11.6 Å². The van der Waals surface area contributed by atoms with Crippen molar-refractivity contribution in [3.05, 3.63) is 88.7 Å². The van der Waals surface area contributed by atoms with Gasteiger partial charge in [0.1, 0.15) is 5.75 Å². The third-order valence-corrected chi connectivity index (χ3v) is 5.14. The molecular weight excluding hydrogens is 386 g/mol. The number of ether oxygens (including phenoxy) is 2. The average Bonchev–Trinajstić information content (AvgIpc) is 3.16. The Hall–Kier alpha value is -2.72. The molecule has 1 unspecified atom stereocenters. The Morgan fingerprint density at radius 2 is 1.69 bits per heavy atom. The highest BCUT2D eigenvalue weighted by Crippen LogP contribution is 2.27. The van der Waals surface area contributed by atoms with E-state index in [1.165, 1.54) is 5.56 Å². The van der Waals surface area contributed by atoms with Crippen molar-refractivity contribution in [3.63, 3.8) is 0 Å². The van der Waals surface area contributed by atoms with Crippen LogP contribution in [0.1, 0.15) is 36.5 Å². The Morgan fingerprint density at radius 3 is 2.31 bits per heavy atom. The van der Waals surface area contributed by atoms with Gasteiger partial charge >= 0.3 is 5.97 Å². The number of carbonyl (C=O) groups excluding carboxylic acids is 1. The number of carbonyl (C=O) groups is 1. The summed E-state index contributed by atoms with van der Waals surface area (Å²) in [6, 6.07) is 17.4. The van der Waals surface area contributed by atoms with E-state index in [0.717, 1.165) is 28.3 Å². The Balaban J connectivity index is 1.61. The molecule has 0 aliphatic heterocycles. The minimum Gasteiger partial charge on any atom is -0.497 e. The molecule has 0 amide bonds. The summed E-state index contributed by atoms with van der Waals surface area (Å²) in [6.07, 6.45) is 4.73. The summed E-state index contributed by atoms with van der Waals surface area (Å²) in [5.41, 5.74) is 3.27. The van der Waals surface area contributed by atoms with Gasteiger partial charge in [0, 0.05) is 17.4 Å². The molecule has 0 aliphatic rings. The first-order chi connectivity index (χ1) is 14.0. The molecule has 0 aliphatic carbocycles. The largest absolute Gasteiger partial charge is 0.497 e. The fraction of sp³-hybridized carbons (Fsp3) is 0.292.